The van der Waals surface area contributed by atoms with Gasteiger partial charge in [-0.15, -0.1) is 0 Å². The van der Waals surface area contributed by atoms with Crippen LogP contribution in [0, 0.1) is 0 Å². The van der Waals surface area contributed by atoms with E-state index in [1.54, 1.807) is 18.3 Å². The smallest absolute Gasteiger partial charge is 0.236 e. The predicted octanol–water partition coefficient (Wildman–Crippen LogP) is 3.91. The van der Waals surface area contributed by atoms with Gasteiger partial charge < -0.3 is 0 Å². The summed E-state index contributed by atoms with van der Waals surface area (Å²) in [6.07, 6.45) is 1.57. The van der Waals surface area contributed by atoms with Crippen molar-refractivity contribution in [1.82, 2.24) is 14.8 Å². The SMILES string of the molecule is CC(C)(C)c1nn(-c2ccc(Br)cn2)c(Cl)c1S(=O)(=O)Cl. The highest BCUT2D eigenvalue weighted by Gasteiger charge is 2.33. The minimum Gasteiger partial charge on any atom is -0.236 e. The molecule has 0 radical (unpaired) electrons. The second kappa shape index (κ2) is 5.53. The number of halogens is 3. The molecule has 9 heteroatoms. The van der Waals surface area contributed by atoms with Crippen molar-refractivity contribution in [3.05, 3.63) is 33.6 Å². The summed E-state index contributed by atoms with van der Waals surface area (Å²) in [5.41, 5.74) is -0.242. The Kier molecular flexibility index (Phi) is 4.41. The molecule has 2 rings (SSSR count). The molecule has 0 bridgehead atoms. The highest BCUT2D eigenvalue weighted by Crippen LogP contribution is 2.36. The third-order valence-electron chi connectivity index (χ3n) is 2.67. The van der Waals surface area contributed by atoms with Gasteiger partial charge in [0.15, 0.2) is 11.0 Å². The van der Waals surface area contributed by atoms with E-state index in [4.69, 9.17) is 22.3 Å². The number of hydrogen-bond donors (Lipinski definition) is 0. The summed E-state index contributed by atoms with van der Waals surface area (Å²) in [6, 6.07) is 3.42. The Balaban J connectivity index is 2.76. The van der Waals surface area contributed by atoms with Crippen LogP contribution in [0.3, 0.4) is 0 Å². The zero-order chi connectivity index (χ0) is 16.0. The van der Waals surface area contributed by atoms with E-state index >= 15 is 0 Å². The van der Waals surface area contributed by atoms with Crippen LogP contribution in [0.4, 0.5) is 0 Å². The highest BCUT2D eigenvalue weighted by molar-refractivity contribution is 9.10. The molecule has 114 valence electrons. The maximum absolute atomic E-state index is 11.8. The molecule has 2 aromatic heterocycles. The van der Waals surface area contributed by atoms with Crippen molar-refractivity contribution in [2.75, 3.05) is 0 Å². The second-order valence-corrected chi connectivity index (χ2v) is 9.18. The summed E-state index contributed by atoms with van der Waals surface area (Å²) in [6.45, 7) is 5.49. The lowest BCUT2D eigenvalue weighted by Gasteiger charge is -2.16. The van der Waals surface area contributed by atoms with Gasteiger partial charge in [-0.25, -0.2) is 18.1 Å². The van der Waals surface area contributed by atoms with Gasteiger partial charge in [-0.1, -0.05) is 32.4 Å². The largest absolute Gasteiger partial charge is 0.266 e. The van der Waals surface area contributed by atoms with E-state index in [-0.39, 0.29) is 10.0 Å². The Bertz CT molecular complexity index is 780. The average Bonchev–Trinajstić information content (AvgIpc) is 2.67. The minimum atomic E-state index is -4.02. The molecule has 0 aromatic carbocycles. The van der Waals surface area contributed by atoms with Crippen molar-refractivity contribution in [2.24, 2.45) is 0 Å². The minimum absolute atomic E-state index is 0.0789. The molecule has 0 amide bonds. The van der Waals surface area contributed by atoms with Gasteiger partial charge in [-0.3, -0.25) is 0 Å². The Morgan fingerprint density at radius 2 is 1.90 bits per heavy atom. The molecule has 2 heterocycles. The van der Waals surface area contributed by atoms with Gasteiger partial charge in [0.05, 0.1) is 5.69 Å². The molecule has 0 aliphatic rings. The fraction of sp³-hybridized carbons (Fsp3) is 0.333. The second-order valence-electron chi connectivity index (χ2n) is 5.40. The highest BCUT2D eigenvalue weighted by atomic mass is 79.9. The van der Waals surface area contributed by atoms with Crippen LogP contribution in [0.5, 0.6) is 0 Å². The lowest BCUT2D eigenvalue weighted by Crippen LogP contribution is -2.15. The zero-order valence-corrected chi connectivity index (χ0v) is 15.3. The van der Waals surface area contributed by atoms with Gasteiger partial charge in [-0.05, 0) is 28.1 Å². The maximum Gasteiger partial charge on any atom is 0.266 e. The summed E-state index contributed by atoms with van der Waals surface area (Å²) < 4.78 is 25.7. The maximum atomic E-state index is 11.8. The number of rotatable bonds is 2. The molecule has 0 aliphatic carbocycles. The number of pyridine rings is 1. The summed E-state index contributed by atoms with van der Waals surface area (Å²) in [5.74, 6) is 0.403. The standard InChI is InChI=1S/C12H12BrCl2N3O2S/c1-12(2,3)10-9(21(15,19)20)11(14)18(17-10)8-5-4-7(13)6-16-8/h4-6H,1-3H3. The molecule has 0 N–H and O–H groups in total. The zero-order valence-electron chi connectivity index (χ0n) is 11.4. The van der Waals surface area contributed by atoms with Gasteiger partial charge >= 0.3 is 0 Å². The Morgan fingerprint density at radius 1 is 1.29 bits per heavy atom. The molecule has 0 fully saturated rings. The number of hydrogen-bond acceptors (Lipinski definition) is 4. The fourth-order valence-corrected chi connectivity index (χ4v) is 3.91. The van der Waals surface area contributed by atoms with Crippen molar-refractivity contribution in [3.63, 3.8) is 0 Å². The van der Waals surface area contributed by atoms with Crippen LogP contribution >= 0.6 is 38.2 Å². The first-order chi connectivity index (χ1) is 9.51. The molecule has 2 aromatic rings. The normalized spacial score (nSPS) is 12.7. The predicted molar refractivity (Wildman–Crippen MR) is 85.8 cm³/mol. The lowest BCUT2D eigenvalue weighted by atomic mass is 9.92. The number of nitrogens with zero attached hydrogens (tertiary/aromatic N) is 3. The summed E-state index contributed by atoms with van der Waals surface area (Å²) in [4.78, 5) is 3.98. The van der Waals surface area contributed by atoms with Crippen LogP contribution in [0.15, 0.2) is 27.7 Å². The van der Waals surface area contributed by atoms with Crippen LogP contribution in [0.1, 0.15) is 26.5 Å². The van der Waals surface area contributed by atoms with Crippen molar-refractivity contribution in [2.45, 2.75) is 31.1 Å². The van der Waals surface area contributed by atoms with E-state index in [1.165, 1.54) is 4.68 Å². The topological polar surface area (TPSA) is 64.8 Å². The van der Waals surface area contributed by atoms with Gasteiger partial charge in [-0.2, -0.15) is 5.10 Å². The van der Waals surface area contributed by atoms with E-state index in [0.29, 0.717) is 11.5 Å². The molecule has 0 spiro atoms. The van der Waals surface area contributed by atoms with E-state index in [1.807, 2.05) is 20.8 Å². The molecule has 0 saturated heterocycles. The fourth-order valence-electron chi connectivity index (χ4n) is 1.73. The van der Waals surface area contributed by atoms with Gasteiger partial charge in [0.25, 0.3) is 9.05 Å². The monoisotopic (exact) mass is 411 g/mol. The molecule has 5 nitrogen and oxygen atoms in total. The first-order valence-corrected chi connectivity index (χ1v) is 9.35. The van der Waals surface area contributed by atoms with E-state index < -0.39 is 14.5 Å². The quantitative estimate of drug-likeness (QED) is 0.701. The van der Waals surface area contributed by atoms with Crippen LogP contribution in [-0.2, 0) is 14.5 Å². The summed E-state index contributed by atoms with van der Waals surface area (Å²) in [5, 5.41) is 4.21. The van der Waals surface area contributed by atoms with Gasteiger partial charge in [0.1, 0.15) is 4.90 Å². The van der Waals surface area contributed by atoms with Crippen LogP contribution < -0.4 is 0 Å². The Labute approximate surface area is 140 Å². The summed E-state index contributed by atoms with van der Waals surface area (Å²) in [7, 11) is 1.48. The molecule has 0 saturated carbocycles. The average molecular weight is 413 g/mol. The first kappa shape index (κ1) is 16.7. The van der Waals surface area contributed by atoms with Crippen LogP contribution in [0.25, 0.3) is 5.82 Å². The molecule has 21 heavy (non-hydrogen) atoms. The summed E-state index contributed by atoms with van der Waals surface area (Å²) >= 11 is 9.46. The Morgan fingerprint density at radius 3 is 2.29 bits per heavy atom. The first-order valence-electron chi connectivity index (χ1n) is 5.87. The van der Waals surface area contributed by atoms with Crippen LogP contribution in [-0.4, -0.2) is 23.2 Å². The third-order valence-corrected chi connectivity index (χ3v) is 4.94. The van der Waals surface area contributed by atoms with Gasteiger partial charge in [0, 0.05) is 26.8 Å². The molecule has 0 aliphatic heterocycles. The lowest BCUT2D eigenvalue weighted by molar-refractivity contribution is 0.544. The molecule has 0 unspecified atom stereocenters. The molecular weight excluding hydrogens is 401 g/mol. The van der Waals surface area contributed by atoms with Crippen molar-refractivity contribution in [3.8, 4) is 5.82 Å². The number of aromatic nitrogens is 3. The van der Waals surface area contributed by atoms with Crippen molar-refractivity contribution in [1.29, 1.82) is 0 Å². The molecular formula is C12H12BrCl2N3O2S. The van der Waals surface area contributed by atoms with Crippen LogP contribution in [0.2, 0.25) is 5.15 Å². The van der Waals surface area contributed by atoms with Gasteiger partial charge in [0.2, 0.25) is 0 Å². The van der Waals surface area contributed by atoms with E-state index in [9.17, 15) is 8.42 Å². The Hall–Kier alpha value is -0.630. The van der Waals surface area contributed by atoms with E-state index in [0.717, 1.165) is 4.47 Å². The molecule has 0 atom stereocenters. The third kappa shape index (κ3) is 3.41. The van der Waals surface area contributed by atoms with Crippen molar-refractivity contribution < 1.29 is 8.42 Å². The van der Waals surface area contributed by atoms with E-state index in [2.05, 4.69) is 26.0 Å². The van der Waals surface area contributed by atoms with Crippen molar-refractivity contribution >= 4 is 47.3 Å².